The van der Waals surface area contributed by atoms with Crippen LogP contribution in [0.2, 0.25) is 0 Å². The molecule has 2 aromatic rings. The van der Waals surface area contributed by atoms with Crippen LogP contribution < -0.4 is 0 Å². The highest BCUT2D eigenvalue weighted by Gasteiger charge is 2.23. The summed E-state index contributed by atoms with van der Waals surface area (Å²) in [6.45, 7) is 3.86. The zero-order valence-electron chi connectivity index (χ0n) is 16.9. The fraction of sp³-hybridized carbons (Fsp3) is 0.400. The fourth-order valence-electron chi connectivity index (χ4n) is 3.48. The molecule has 2 aliphatic heterocycles. The molecule has 0 aliphatic carbocycles. The molecule has 2 aliphatic rings. The van der Waals surface area contributed by atoms with Crippen molar-refractivity contribution in [1.29, 1.82) is 0 Å². The SMILES string of the molecule is CN1CCN(C)C1=Nc1cccnc1-c1ncccc1N=C1N(C)CCN1C. The Kier molecular flexibility index (Phi) is 4.85. The maximum absolute atomic E-state index is 4.90. The summed E-state index contributed by atoms with van der Waals surface area (Å²) in [4.78, 5) is 27.6. The van der Waals surface area contributed by atoms with Gasteiger partial charge < -0.3 is 19.6 Å². The highest BCUT2D eigenvalue weighted by molar-refractivity contribution is 5.90. The highest BCUT2D eigenvalue weighted by Crippen LogP contribution is 2.34. The lowest BCUT2D eigenvalue weighted by atomic mass is 10.2. The largest absolute Gasteiger partial charge is 0.344 e. The van der Waals surface area contributed by atoms with Gasteiger partial charge in [0.05, 0.1) is 11.4 Å². The lowest BCUT2D eigenvalue weighted by molar-refractivity contribution is 0.553. The van der Waals surface area contributed by atoms with Gasteiger partial charge >= 0.3 is 0 Å². The summed E-state index contributed by atoms with van der Waals surface area (Å²) in [6.07, 6.45) is 3.56. The van der Waals surface area contributed by atoms with Crippen LogP contribution in [-0.2, 0) is 0 Å². The number of hydrogen-bond donors (Lipinski definition) is 0. The minimum atomic E-state index is 0.743. The first-order chi connectivity index (χ1) is 13.5. The molecule has 0 N–H and O–H groups in total. The molecular weight excluding hydrogens is 352 g/mol. The fourth-order valence-corrected chi connectivity index (χ4v) is 3.48. The van der Waals surface area contributed by atoms with Gasteiger partial charge in [0.15, 0.2) is 0 Å². The number of nitrogens with zero attached hydrogens (tertiary/aromatic N) is 8. The Morgan fingerprint density at radius 2 is 1.00 bits per heavy atom. The van der Waals surface area contributed by atoms with Gasteiger partial charge in [-0.3, -0.25) is 9.97 Å². The second kappa shape index (κ2) is 7.46. The van der Waals surface area contributed by atoms with Crippen LogP contribution in [0.5, 0.6) is 0 Å². The van der Waals surface area contributed by atoms with Gasteiger partial charge in [-0.1, -0.05) is 0 Å². The third-order valence-corrected chi connectivity index (χ3v) is 5.15. The summed E-state index contributed by atoms with van der Waals surface area (Å²) in [6, 6.07) is 7.78. The van der Waals surface area contributed by atoms with Crippen LogP contribution >= 0.6 is 0 Å². The summed E-state index contributed by atoms with van der Waals surface area (Å²) in [5.74, 6) is 1.88. The Hall–Kier alpha value is -3.16. The predicted octanol–water partition coefficient (Wildman–Crippen LogP) is 1.87. The number of rotatable bonds is 3. The van der Waals surface area contributed by atoms with Gasteiger partial charge in [0, 0.05) is 66.8 Å². The molecule has 4 heterocycles. The van der Waals surface area contributed by atoms with Crippen molar-refractivity contribution in [2.75, 3.05) is 54.4 Å². The van der Waals surface area contributed by atoms with Gasteiger partial charge in [-0.25, -0.2) is 9.98 Å². The van der Waals surface area contributed by atoms with Gasteiger partial charge in [0.25, 0.3) is 0 Å². The van der Waals surface area contributed by atoms with E-state index in [4.69, 9.17) is 9.98 Å². The highest BCUT2D eigenvalue weighted by atomic mass is 15.4. The Morgan fingerprint density at radius 1 is 0.643 bits per heavy atom. The molecule has 2 aromatic heterocycles. The molecule has 2 saturated heterocycles. The number of likely N-dealkylation sites (N-methyl/N-ethyl adjacent to an activating group) is 4. The molecule has 8 nitrogen and oxygen atoms in total. The van der Waals surface area contributed by atoms with Crippen LogP contribution in [0, 0.1) is 0 Å². The molecule has 0 atom stereocenters. The van der Waals surface area contributed by atoms with Crippen LogP contribution in [0.1, 0.15) is 0 Å². The van der Waals surface area contributed by atoms with Crippen molar-refractivity contribution in [2.24, 2.45) is 9.98 Å². The number of guanidine groups is 2. The number of aliphatic imine (C=N–C) groups is 2. The first-order valence-corrected chi connectivity index (χ1v) is 9.47. The summed E-state index contributed by atoms with van der Waals surface area (Å²) >= 11 is 0. The predicted molar refractivity (Wildman–Crippen MR) is 112 cm³/mol. The van der Waals surface area contributed by atoms with E-state index in [9.17, 15) is 0 Å². The minimum absolute atomic E-state index is 0.743. The zero-order valence-corrected chi connectivity index (χ0v) is 16.9. The number of aromatic nitrogens is 2. The topological polar surface area (TPSA) is 63.5 Å². The smallest absolute Gasteiger partial charge is 0.201 e. The van der Waals surface area contributed by atoms with Crippen LogP contribution in [0.15, 0.2) is 46.6 Å². The molecule has 0 bridgehead atoms. The van der Waals surface area contributed by atoms with Crippen molar-refractivity contribution >= 4 is 23.3 Å². The average molecular weight is 378 g/mol. The molecule has 8 heteroatoms. The molecule has 0 spiro atoms. The van der Waals surface area contributed by atoms with E-state index in [0.717, 1.165) is 60.9 Å². The Bertz CT molecular complexity index is 822. The van der Waals surface area contributed by atoms with E-state index >= 15 is 0 Å². The molecule has 0 aromatic carbocycles. The van der Waals surface area contributed by atoms with Crippen molar-refractivity contribution in [1.82, 2.24) is 29.6 Å². The van der Waals surface area contributed by atoms with Crippen LogP contribution in [-0.4, -0.2) is 95.9 Å². The molecule has 146 valence electrons. The van der Waals surface area contributed by atoms with Crippen molar-refractivity contribution in [3.8, 4) is 11.4 Å². The summed E-state index contributed by atoms with van der Waals surface area (Å²) in [5, 5.41) is 0. The molecule has 4 rings (SSSR count). The van der Waals surface area contributed by atoms with Crippen molar-refractivity contribution in [3.63, 3.8) is 0 Å². The van der Waals surface area contributed by atoms with E-state index in [1.165, 1.54) is 0 Å². The number of pyridine rings is 2. The maximum Gasteiger partial charge on any atom is 0.201 e. The lowest BCUT2D eigenvalue weighted by Gasteiger charge is -2.17. The first kappa shape index (κ1) is 18.2. The van der Waals surface area contributed by atoms with Crippen molar-refractivity contribution < 1.29 is 0 Å². The van der Waals surface area contributed by atoms with E-state index in [1.54, 1.807) is 12.4 Å². The molecule has 0 amide bonds. The van der Waals surface area contributed by atoms with Gasteiger partial charge in [0.1, 0.15) is 11.4 Å². The van der Waals surface area contributed by atoms with Crippen molar-refractivity contribution in [3.05, 3.63) is 36.7 Å². The van der Waals surface area contributed by atoms with E-state index < -0.39 is 0 Å². The Morgan fingerprint density at radius 3 is 1.36 bits per heavy atom. The molecule has 28 heavy (non-hydrogen) atoms. The quantitative estimate of drug-likeness (QED) is 0.813. The van der Waals surface area contributed by atoms with Crippen LogP contribution in [0.25, 0.3) is 11.4 Å². The van der Waals surface area contributed by atoms with Crippen LogP contribution in [0.4, 0.5) is 11.4 Å². The molecule has 2 fully saturated rings. The van der Waals surface area contributed by atoms with Gasteiger partial charge in [0.2, 0.25) is 11.9 Å². The number of hydrogen-bond acceptors (Lipinski definition) is 4. The van der Waals surface area contributed by atoms with Crippen molar-refractivity contribution in [2.45, 2.75) is 0 Å². The molecular formula is C20H26N8. The Labute approximate surface area is 165 Å². The summed E-state index contributed by atoms with van der Waals surface area (Å²) in [7, 11) is 8.23. The summed E-state index contributed by atoms with van der Waals surface area (Å²) < 4.78 is 0. The monoisotopic (exact) mass is 378 g/mol. The third kappa shape index (κ3) is 3.37. The second-order valence-corrected chi connectivity index (χ2v) is 7.25. The standard InChI is InChI=1S/C20H26N8/c1-25-11-12-26(2)19(25)23-15-7-5-9-21-17(15)18-16(8-6-10-22-18)24-20-27(3)13-14-28(20)4/h5-10H,11-14H2,1-4H3. The molecule has 0 unspecified atom stereocenters. The molecule has 0 radical (unpaired) electrons. The minimum Gasteiger partial charge on any atom is -0.344 e. The van der Waals surface area contributed by atoms with E-state index in [2.05, 4.69) is 57.8 Å². The summed E-state index contributed by atoms with van der Waals surface area (Å²) in [5.41, 5.74) is 3.08. The van der Waals surface area contributed by atoms with E-state index in [1.807, 2.05) is 24.3 Å². The second-order valence-electron chi connectivity index (χ2n) is 7.25. The van der Waals surface area contributed by atoms with Gasteiger partial charge in [-0.05, 0) is 24.3 Å². The first-order valence-electron chi connectivity index (χ1n) is 9.47. The molecule has 0 saturated carbocycles. The third-order valence-electron chi connectivity index (χ3n) is 5.15. The average Bonchev–Trinajstić information content (AvgIpc) is 3.19. The lowest BCUT2D eigenvalue weighted by Crippen LogP contribution is -2.28. The van der Waals surface area contributed by atoms with Gasteiger partial charge in [-0.15, -0.1) is 0 Å². The maximum atomic E-state index is 4.90. The van der Waals surface area contributed by atoms with E-state index in [0.29, 0.717) is 0 Å². The normalized spacial score (nSPS) is 17.0. The Balaban J connectivity index is 1.80. The zero-order chi connectivity index (χ0) is 19.7. The van der Waals surface area contributed by atoms with Crippen LogP contribution in [0.3, 0.4) is 0 Å². The van der Waals surface area contributed by atoms with Gasteiger partial charge in [-0.2, -0.15) is 0 Å². The van der Waals surface area contributed by atoms with E-state index in [-0.39, 0.29) is 0 Å².